The molecule has 0 unspecified atom stereocenters. The quantitative estimate of drug-likeness (QED) is 0.395. The molecule has 0 aliphatic carbocycles. The molecule has 0 heterocycles. The Morgan fingerprint density at radius 1 is 1.00 bits per heavy atom. The van der Waals surface area contributed by atoms with Gasteiger partial charge in [-0.05, 0) is 64.7 Å². The molecule has 8 nitrogen and oxygen atoms in total. The molecular formula is C24H26BrClN2O6. The Hall–Kier alpha value is -2.91. The van der Waals surface area contributed by atoms with E-state index < -0.39 is 30.4 Å². The monoisotopic (exact) mass is 552 g/mol. The van der Waals surface area contributed by atoms with Crippen LogP contribution >= 0.6 is 27.5 Å². The van der Waals surface area contributed by atoms with Crippen molar-refractivity contribution in [2.75, 3.05) is 23.8 Å². The van der Waals surface area contributed by atoms with Gasteiger partial charge in [0.25, 0.3) is 5.91 Å². The van der Waals surface area contributed by atoms with Gasteiger partial charge in [-0.3, -0.25) is 14.4 Å². The minimum atomic E-state index is -0.693. The molecule has 0 spiro atoms. The third-order valence-corrected chi connectivity index (χ3v) is 5.84. The SMILES string of the molecule is Cc1c(NC(=O)COC(=O)CCC(=O)Nc2cccc(C(=O)OCC(C)C)c2)ccc(Br)c1Cl. The number of halogens is 2. The molecule has 0 saturated carbocycles. The van der Waals surface area contributed by atoms with Gasteiger partial charge in [0.1, 0.15) is 0 Å². The lowest BCUT2D eigenvalue weighted by Gasteiger charge is -2.11. The second kappa shape index (κ2) is 13.1. The van der Waals surface area contributed by atoms with Gasteiger partial charge in [-0.2, -0.15) is 0 Å². The van der Waals surface area contributed by atoms with Crippen molar-refractivity contribution in [3.63, 3.8) is 0 Å². The summed E-state index contributed by atoms with van der Waals surface area (Å²) in [6.07, 6.45) is -0.359. The fourth-order valence-electron chi connectivity index (χ4n) is 2.68. The summed E-state index contributed by atoms with van der Waals surface area (Å²) in [6, 6.07) is 9.70. The Labute approximate surface area is 211 Å². The fraction of sp³-hybridized carbons (Fsp3) is 0.333. The van der Waals surface area contributed by atoms with E-state index in [0.29, 0.717) is 38.6 Å². The topological polar surface area (TPSA) is 111 Å². The number of rotatable bonds is 10. The van der Waals surface area contributed by atoms with Gasteiger partial charge >= 0.3 is 11.9 Å². The van der Waals surface area contributed by atoms with Crippen molar-refractivity contribution < 1.29 is 28.7 Å². The van der Waals surface area contributed by atoms with Crippen LogP contribution < -0.4 is 10.6 Å². The highest BCUT2D eigenvalue weighted by molar-refractivity contribution is 9.10. The lowest BCUT2D eigenvalue weighted by atomic mass is 10.2. The predicted octanol–water partition coefficient (Wildman–Crippen LogP) is 5.12. The maximum Gasteiger partial charge on any atom is 0.338 e. The summed E-state index contributed by atoms with van der Waals surface area (Å²) in [5, 5.41) is 5.71. The molecule has 0 fully saturated rings. The number of nitrogens with one attached hydrogen (secondary N) is 2. The number of hydrogen-bond donors (Lipinski definition) is 2. The van der Waals surface area contributed by atoms with Gasteiger partial charge < -0.3 is 20.1 Å². The second-order valence-electron chi connectivity index (χ2n) is 7.86. The molecular weight excluding hydrogens is 528 g/mol. The summed E-state index contributed by atoms with van der Waals surface area (Å²) >= 11 is 9.43. The van der Waals surface area contributed by atoms with Gasteiger partial charge in [-0.25, -0.2) is 4.79 Å². The fourth-order valence-corrected chi connectivity index (χ4v) is 3.27. The number of carbonyl (C=O) groups excluding carboxylic acids is 4. The summed E-state index contributed by atoms with van der Waals surface area (Å²) in [5.74, 6) is -1.93. The van der Waals surface area contributed by atoms with E-state index in [4.69, 9.17) is 21.1 Å². The molecule has 0 atom stereocenters. The van der Waals surface area contributed by atoms with Gasteiger partial charge in [0, 0.05) is 22.3 Å². The van der Waals surface area contributed by atoms with E-state index in [1.165, 1.54) is 6.07 Å². The second-order valence-corrected chi connectivity index (χ2v) is 9.10. The first-order chi connectivity index (χ1) is 16.1. The number of carbonyl (C=O) groups is 4. The van der Waals surface area contributed by atoms with E-state index in [-0.39, 0.29) is 18.8 Å². The van der Waals surface area contributed by atoms with Crippen molar-refractivity contribution in [3.8, 4) is 0 Å². The number of amides is 2. The van der Waals surface area contributed by atoms with Crippen LogP contribution in [0.4, 0.5) is 11.4 Å². The zero-order valence-corrected chi connectivity index (χ0v) is 21.4. The van der Waals surface area contributed by atoms with Crippen LogP contribution in [0.15, 0.2) is 40.9 Å². The number of hydrogen-bond acceptors (Lipinski definition) is 6. The van der Waals surface area contributed by atoms with E-state index in [1.54, 1.807) is 37.3 Å². The number of ether oxygens (including phenoxy) is 2. The molecule has 0 saturated heterocycles. The molecule has 2 aromatic carbocycles. The third kappa shape index (κ3) is 8.79. The molecule has 0 radical (unpaired) electrons. The van der Waals surface area contributed by atoms with Crippen LogP contribution in [-0.2, 0) is 23.9 Å². The molecule has 2 N–H and O–H groups in total. The first-order valence-corrected chi connectivity index (χ1v) is 11.7. The minimum absolute atomic E-state index is 0.149. The summed E-state index contributed by atoms with van der Waals surface area (Å²) in [4.78, 5) is 48.2. The molecule has 0 aromatic heterocycles. The van der Waals surface area contributed by atoms with Crippen LogP contribution in [0.2, 0.25) is 5.02 Å². The minimum Gasteiger partial charge on any atom is -0.462 e. The van der Waals surface area contributed by atoms with E-state index in [0.717, 1.165) is 0 Å². The Bertz CT molecular complexity index is 1070. The van der Waals surface area contributed by atoms with Crippen molar-refractivity contribution in [3.05, 3.63) is 57.0 Å². The standard InChI is InChI=1S/C24H26BrClN2O6/c1-14(2)12-34-24(32)16-5-4-6-17(11-16)27-20(29)9-10-22(31)33-13-21(30)28-19-8-7-18(25)23(26)15(19)3/h4-8,11,14H,9-10,12-13H2,1-3H3,(H,27,29)(H,28,30). The molecule has 2 rings (SSSR count). The smallest absolute Gasteiger partial charge is 0.338 e. The highest BCUT2D eigenvalue weighted by atomic mass is 79.9. The van der Waals surface area contributed by atoms with Crippen LogP contribution in [0.5, 0.6) is 0 Å². The molecule has 34 heavy (non-hydrogen) atoms. The number of benzene rings is 2. The maximum atomic E-state index is 12.2. The average Bonchev–Trinajstić information content (AvgIpc) is 2.80. The molecule has 0 aliphatic heterocycles. The largest absolute Gasteiger partial charge is 0.462 e. The average molecular weight is 554 g/mol. The molecule has 182 valence electrons. The van der Waals surface area contributed by atoms with Crippen LogP contribution in [-0.4, -0.2) is 37.0 Å². The number of esters is 2. The Balaban J connectivity index is 1.76. The summed E-state index contributed by atoms with van der Waals surface area (Å²) < 4.78 is 10.8. The first kappa shape index (κ1) is 27.3. The van der Waals surface area contributed by atoms with Crippen molar-refractivity contribution in [2.45, 2.75) is 33.6 Å². The van der Waals surface area contributed by atoms with E-state index in [9.17, 15) is 19.2 Å². The lowest BCUT2D eigenvalue weighted by molar-refractivity contribution is -0.147. The van der Waals surface area contributed by atoms with Crippen molar-refractivity contribution in [1.82, 2.24) is 0 Å². The van der Waals surface area contributed by atoms with Crippen LogP contribution in [0, 0.1) is 12.8 Å². The normalized spacial score (nSPS) is 10.5. The van der Waals surface area contributed by atoms with Gasteiger partial charge in [0.2, 0.25) is 5.91 Å². The van der Waals surface area contributed by atoms with Crippen molar-refractivity contribution in [1.29, 1.82) is 0 Å². The van der Waals surface area contributed by atoms with Gasteiger partial charge in [-0.15, -0.1) is 0 Å². The Morgan fingerprint density at radius 2 is 1.74 bits per heavy atom. The highest BCUT2D eigenvalue weighted by Gasteiger charge is 2.14. The van der Waals surface area contributed by atoms with E-state index in [1.807, 2.05) is 13.8 Å². The van der Waals surface area contributed by atoms with Crippen molar-refractivity contribution in [2.24, 2.45) is 5.92 Å². The van der Waals surface area contributed by atoms with E-state index >= 15 is 0 Å². The van der Waals surface area contributed by atoms with Gasteiger partial charge in [-0.1, -0.05) is 31.5 Å². The van der Waals surface area contributed by atoms with Gasteiger partial charge in [0.15, 0.2) is 6.61 Å². The molecule has 2 aromatic rings. The zero-order chi connectivity index (χ0) is 25.3. The number of anilines is 2. The van der Waals surface area contributed by atoms with Crippen LogP contribution in [0.25, 0.3) is 0 Å². The third-order valence-electron chi connectivity index (χ3n) is 4.46. The molecule has 0 bridgehead atoms. The molecule has 10 heteroatoms. The lowest BCUT2D eigenvalue weighted by Crippen LogP contribution is -2.22. The summed E-state index contributed by atoms with van der Waals surface area (Å²) in [7, 11) is 0. The predicted molar refractivity (Wildman–Crippen MR) is 133 cm³/mol. The summed E-state index contributed by atoms with van der Waals surface area (Å²) in [5.41, 5.74) is 1.89. The highest BCUT2D eigenvalue weighted by Crippen LogP contribution is 2.30. The van der Waals surface area contributed by atoms with Crippen LogP contribution in [0.1, 0.15) is 42.6 Å². The zero-order valence-electron chi connectivity index (χ0n) is 19.1. The van der Waals surface area contributed by atoms with Gasteiger partial charge in [0.05, 0.1) is 23.6 Å². The van der Waals surface area contributed by atoms with Crippen molar-refractivity contribution >= 4 is 62.7 Å². The Kier molecular flexibility index (Phi) is 10.5. The summed E-state index contributed by atoms with van der Waals surface area (Å²) in [6.45, 7) is 5.42. The molecule has 0 aliphatic rings. The Morgan fingerprint density at radius 3 is 2.44 bits per heavy atom. The maximum absolute atomic E-state index is 12.2. The van der Waals surface area contributed by atoms with Crippen LogP contribution in [0.3, 0.4) is 0 Å². The van der Waals surface area contributed by atoms with E-state index in [2.05, 4.69) is 26.6 Å². The first-order valence-electron chi connectivity index (χ1n) is 10.5. The molecule has 2 amide bonds.